The number of para-hydroxylation sites is 2. The van der Waals surface area contributed by atoms with E-state index < -0.39 is 0 Å². The number of ether oxygens (including phenoxy) is 1. The minimum absolute atomic E-state index is 0.0246. The Labute approximate surface area is 118 Å². The summed E-state index contributed by atoms with van der Waals surface area (Å²) in [6.45, 7) is 2.35. The highest BCUT2D eigenvalue weighted by Gasteiger charge is 2.15. The third kappa shape index (κ3) is 4.40. The van der Waals surface area contributed by atoms with E-state index in [-0.39, 0.29) is 11.9 Å². The Morgan fingerprint density at radius 1 is 1.53 bits per heavy atom. The summed E-state index contributed by atoms with van der Waals surface area (Å²) in [7, 11) is 3.25. The highest BCUT2D eigenvalue weighted by Crippen LogP contribution is 2.23. The van der Waals surface area contributed by atoms with Gasteiger partial charge in [0.05, 0.1) is 17.8 Å². The van der Waals surface area contributed by atoms with E-state index in [4.69, 9.17) is 22.7 Å². The molecule has 1 aromatic carbocycles. The van der Waals surface area contributed by atoms with Crippen LogP contribution in [-0.4, -0.2) is 36.6 Å². The van der Waals surface area contributed by atoms with E-state index in [0.29, 0.717) is 23.0 Å². The van der Waals surface area contributed by atoms with Gasteiger partial charge >= 0.3 is 6.03 Å². The largest absolute Gasteiger partial charge is 0.495 e. The van der Waals surface area contributed by atoms with E-state index in [1.54, 1.807) is 26.3 Å². The molecule has 1 atom stereocenters. The SMILES string of the molecule is COc1ccccc1NC(=O)N(C)CC(C)C(N)=S. The standard InChI is InChI=1S/C13H19N3O2S/c1-9(12(14)19)8-16(2)13(17)15-10-6-4-5-7-11(10)18-3/h4-7,9H,8H2,1-3H3,(H2,14,19)(H,15,17). The highest BCUT2D eigenvalue weighted by atomic mass is 32.1. The number of carbonyl (C=O) groups excluding carboxylic acids is 1. The number of nitrogens with zero attached hydrogens (tertiary/aromatic N) is 1. The lowest BCUT2D eigenvalue weighted by Crippen LogP contribution is -2.38. The average Bonchev–Trinajstić information content (AvgIpc) is 2.38. The van der Waals surface area contributed by atoms with Crippen LogP contribution in [0.15, 0.2) is 24.3 Å². The van der Waals surface area contributed by atoms with Gasteiger partial charge in [0, 0.05) is 19.5 Å². The molecule has 104 valence electrons. The second kappa shape index (κ2) is 6.94. The van der Waals surface area contributed by atoms with Gasteiger partial charge in [0.2, 0.25) is 0 Å². The summed E-state index contributed by atoms with van der Waals surface area (Å²) in [5.74, 6) is 0.593. The number of benzene rings is 1. The molecule has 0 heterocycles. The van der Waals surface area contributed by atoms with Crippen LogP contribution in [0.5, 0.6) is 5.75 Å². The van der Waals surface area contributed by atoms with Crippen LogP contribution in [0.1, 0.15) is 6.92 Å². The van der Waals surface area contributed by atoms with Crippen molar-refractivity contribution in [3.63, 3.8) is 0 Å². The van der Waals surface area contributed by atoms with E-state index in [0.717, 1.165) is 0 Å². The fraction of sp³-hybridized carbons (Fsp3) is 0.385. The molecule has 0 aliphatic carbocycles. The zero-order valence-electron chi connectivity index (χ0n) is 11.3. The molecule has 0 saturated heterocycles. The van der Waals surface area contributed by atoms with Crippen LogP contribution in [0.2, 0.25) is 0 Å². The lowest BCUT2D eigenvalue weighted by atomic mass is 10.2. The van der Waals surface area contributed by atoms with Gasteiger partial charge in [-0.1, -0.05) is 31.3 Å². The number of nitrogens with one attached hydrogen (secondary N) is 1. The zero-order valence-corrected chi connectivity index (χ0v) is 12.2. The van der Waals surface area contributed by atoms with E-state index >= 15 is 0 Å². The Bertz CT molecular complexity index is 465. The molecule has 0 aliphatic heterocycles. The summed E-state index contributed by atoms with van der Waals surface area (Å²) in [5.41, 5.74) is 6.17. The maximum absolute atomic E-state index is 12.0. The van der Waals surface area contributed by atoms with Crippen LogP contribution < -0.4 is 15.8 Å². The Hall–Kier alpha value is -1.82. The number of anilines is 1. The van der Waals surface area contributed by atoms with E-state index in [2.05, 4.69) is 5.32 Å². The summed E-state index contributed by atoms with van der Waals surface area (Å²) in [4.78, 5) is 14.0. The molecule has 0 saturated carbocycles. The lowest BCUT2D eigenvalue weighted by molar-refractivity contribution is 0.220. The van der Waals surface area contributed by atoms with Crippen molar-refractivity contribution in [2.75, 3.05) is 26.0 Å². The second-order valence-electron chi connectivity index (χ2n) is 4.31. The molecule has 1 aromatic rings. The molecule has 0 aliphatic rings. The molecule has 0 spiro atoms. The van der Waals surface area contributed by atoms with Gasteiger partial charge in [0.25, 0.3) is 0 Å². The molecule has 6 heteroatoms. The van der Waals surface area contributed by atoms with Gasteiger partial charge < -0.3 is 20.7 Å². The first-order valence-electron chi connectivity index (χ1n) is 5.90. The van der Waals surface area contributed by atoms with Crippen molar-refractivity contribution in [3.05, 3.63) is 24.3 Å². The second-order valence-corrected chi connectivity index (χ2v) is 4.79. The van der Waals surface area contributed by atoms with E-state index in [9.17, 15) is 4.79 Å². The van der Waals surface area contributed by atoms with Crippen molar-refractivity contribution in [1.82, 2.24) is 4.90 Å². The van der Waals surface area contributed by atoms with Gasteiger partial charge in [-0.2, -0.15) is 0 Å². The minimum Gasteiger partial charge on any atom is -0.495 e. The first kappa shape index (κ1) is 15.2. The molecule has 19 heavy (non-hydrogen) atoms. The molecule has 5 nitrogen and oxygen atoms in total. The van der Waals surface area contributed by atoms with Crippen LogP contribution in [0.25, 0.3) is 0 Å². The molecule has 1 unspecified atom stereocenters. The number of hydrogen-bond donors (Lipinski definition) is 2. The fourth-order valence-electron chi connectivity index (χ4n) is 1.54. The Morgan fingerprint density at radius 2 is 2.16 bits per heavy atom. The van der Waals surface area contributed by atoms with Crippen molar-refractivity contribution in [2.45, 2.75) is 6.92 Å². The first-order valence-corrected chi connectivity index (χ1v) is 6.31. The van der Waals surface area contributed by atoms with E-state index in [1.807, 2.05) is 19.1 Å². The molecule has 3 N–H and O–H groups in total. The van der Waals surface area contributed by atoms with Crippen molar-refractivity contribution < 1.29 is 9.53 Å². The number of thiocarbonyl (C=S) groups is 1. The van der Waals surface area contributed by atoms with Gasteiger partial charge in [-0.15, -0.1) is 0 Å². The molecule has 0 bridgehead atoms. The number of urea groups is 1. The summed E-state index contributed by atoms with van der Waals surface area (Å²) in [6.07, 6.45) is 0. The van der Waals surface area contributed by atoms with Crippen LogP contribution in [0.4, 0.5) is 10.5 Å². The van der Waals surface area contributed by atoms with Gasteiger partial charge in [0.1, 0.15) is 5.75 Å². The number of hydrogen-bond acceptors (Lipinski definition) is 3. The maximum atomic E-state index is 12.0. The molecule has 0 aromatic heterocycles. The number of carbonyl (C=O) groups is 1. The molecule has 1 rings (SSSR count). The Balaban J connectivity index is 2.66. The minimum atomic E-state index is -0.229. The summed E-state index contributed by atoms with van der Waals surface area (Å²) in [6, 6.07) is 7.00. The van der Waals surface area contributed by atoms with E-state index in [1.165, 1.54) is 4.90 Å². The predicted molar refractivity (Wildman–Crippen MR) is 80.6 cm³/mol. The molecular formula is C13H19N3O2S. The average molecular weight is 281 g/mol. The lowest BCUT2D eigenvalue weighted by Gasteiger charge is -2.21. The normalized spacial score (nSPS) is 11.5. The van der Waals surface area contributed by atoms with Crippen molar-refractivity contribution in [3.8, 4) is 5.75 Å². The summed E-state index contributed by atoms with van der Waals surface area (Å²) in [5, 5.41) is 2.78. The smallest absolute Gasteiger partial charge is 0.321 e. The van der Waals surface area contributed by atoms with Gasteiger partial charge in [-0.05, 0) is 12.1 Å². The Kier molecular flexibility index (Phi) is 5.57. The van der Waals surface area contributed by atoms with Crippen LogP contribution >= 0.6 is 12.2 Å². The maximum Gasteiger partial charge on any atom is 0.321 e. The number of amides is 2. The highest BCUT2D eigenvalue weighted by molar-refractivity contribution is 7.80. The molecule has 2 amide bonds. The summed E-state index contributed by atoms with van der Waals surface area (Å²) < 4.78 is 5.17. The number of methoxy groups -OCH3 is 1. The van der Waals surface area contributed by atoms with Gasteiger partial charge in [-0.25, -0.2) is 4.79 Å². The number of nitrogens with two attached hydrogens (primary N) is 1. The van der Waals surface area contributed by atoms with Gasteiger partial charge in [-0.3, -0.25) is 0 Å². The third-order valence-corrected chi connectivity index (χ3v) is 3.13. The van der Waals surface area contributed by atoms with Crippen molar-refractivity contribution in [2.24, 2.45) is 11.7 Å². The van der Waals surface area contributed by atoms with Crippen molar-refractivity contribution >= 4 is 28.9 Å². The molecular weight excluding hydrogens is 262 g/mol. The third-order valence-electron chi connectivity index (χ3n) is 2.73. The van der Waals surface area contributed by atoms with Crippen LogP contribution in [-0.2, 0) is 0 Å². The van der Waals surface area contributed by atoms with Crippen molar-refractivity contribution in [1.29, 1.82) is 0 Å². The quantitative estimate of drug-likeness (QED) is 0.811. The van der Waals surface area contributed by atoms with Crippen LogP contribution in [0.3, 0.4) is 0 Å². The van der Waals surface area contributed by atoms with Gasteiger partial charge in [0.15, 0.2) is 0 Å². The Morgan fingerprint density at radius 3 is 2.74 bits per heavy atom. The van der Waals surface area contributed by atoms with Crippen LogP contribution in [0, 0.1) is 5.92 Å². The molecule has 0 fully saturated rings. The summed E-state index contributed by atoms with van der Waals surface area (Å²) >= 11 is 4.89. The predicted octanol–water partition coefficient (Wildman–Crippen LogP) is 2.08. The zero-order chi connectivity index (χ0) is 14.4. The topological polar surface area (TPSA) is 67.6 Å². The first-order chi connectivity index (χ1) is 8.95. The molecule has 0 radical (unpaired) electrons. The number of rotatable bonds is 5. The fourth-order valence-corrected chi connectivity index (χ4v) is 1.62. The monoisotopic (exact) mass is 281 g/mol.